The van der Waals surface area contributed by atoms with E-state index < -0.39 is 0 Å². The van der Waals surface area contributed by atoms with Crippen LogP contribution in [0.5, 0.6) is 0 Å². The molecule has 0 radical (unpaired) electrons. The molecule has 1 atom stereocenters. The molecule has 0 spiro atoms. The molecule has 2 heteroatoms. The van der Waals surface area contributed by atoms with Gasteiger partial charge < -0.3 is 6.15 Å². The Morgan fingerprint density at radius 1 is 1.00 bits per heavy atom. The van der Waals surface area contributed by atoms with Crippen LogP contribution in [0.3, 0.4) is 0 Å². The van der Waals surface area contributed by atoms with E-state index >= 15 is 0 Å². The highest BCUT2D eigenvalue weighted by Crippen LogP contribution is 1.38. The lowest BCUT2D eigenvalue weighted by Gasteiger charge is -1.31. The lowest BCUT2D eigenvalue weighted by atomic mass is 10.8. The van der Waals surface area contributed by atoms with Gasteiger partial charge in [0.05, 0.1) is 0 Å². The summed E-state index contributed by atoms with van der Waals surface area (Å²) in [6.07, 6.45) is 3.50. The van der Waals surface area contributed by atoms with Gasteiger partial charge in [-0.1, -0.05) is 12.2 Å². The normalized spacial score (nSPS) is 3.25. The van der Waals surface area contributed by atoms with E-state index in [9.17, 15) is 0 Å². The molecule has 1 unspecified atom stereocenters. The molecule has 3 N–H and O–H groups in total. The minimum Gasteiger partial charge on any atom is -0.344 e. The molecule has 0 aromatic carbocycles. The van der Waals surface area contributed by atoms with Crippen molar-refractivity contribution in [3.05, 3.63) is 25.3 Å². The highest BCUT2D eigenvalue weighted by molar-refractivity contribution is 6.92. The highest BCUT2D eigenvalue weighted by Gasteiger charge is 1.15. The Hall–Kier alpha value is -0.130. The van der Waals surface area contributed by atoms with E-state index in [0.29, 0.717) is 0 Å². The van der Waals surface area contributed by atoms with Crippen molar-refractivity contribution in [2.24, 2.45) is 0 Å². The zero-order chi connectivity index (χ0) is 5.41. The molecular formula is C6H18NP. The fourth-order valence-corrected chi connectivity index (χ4v) is 0. The van der Waals surface area contributed by atoms with Crippen LogP contribution in [0.15, 0.2) is 25.3 Å². The van der Waals surface area contributed by atoms with Crippen LogP contribution in [-0.2, 0) is 0 Å². The summed E-state index contributed by atoms with van der Waals surface area (Å²) in [6.45, 7) is 10.5. The largest absolute Gasteiger partial charge is 0.344 e. The van der Waals surface area contributed by atoms with Crippen LogP contribution in [-0.4, -0.2) is 0 Å². The Labute approximate surface area is 56.1 Å². The van der Waals surface area contributed by atoms with Crippen molar-refractivity contribution in [1.29, 1.82) is 0 Å². The monoisotopic (exact) mass is 135 g/mol. The van der Waals surface area contributed by atoms with Crippen molar-refractivity contribution in [2.45, 2.75) is 13.8 Å². The summed E-state index contributed by atoms with van der Waals surface area (Å²) in [7, 11) is 0. The van der Waals surface area contributed by atoms with Crippen LogP contribution >= 0.6 is 9.90 Å². The molecule has 0 aliphatic carbocycles. The van der Waals surface area contributed by atoms with Gasteiger partial charge in [-0.2, -0.15) is 9.90 Å². The van der Waals surface area contributed by atoms with Gasteiger partial charge in [-0.25, -0.2) is 0 Å². The molecule has 0 aliphatic heterocycles. The number of rotatable bonds is 0. The van der Waals surface area contributed by atoms with E-state index in [4.69, 9.17) is 0 Å². The minimum atomic E-state index is 0. The van der Waals surface area contributed by atoms with Crippen LogP contribution in [0.1, 0.15) is 13.8 Å². The van der Waals surface area contributed by atoms with Gasteiger partial charge in [0.1, 0.15) is 0 Å². The third-order valence-electron chi connectivity index (χ3n) is 0. The van der Waals surface area contributed by atoms with Crippen molar-refractivity contribution in [3.63, 3.8) is 0 Å². The van der Waals surface area contributed by atoms with E-state index in [-0.39, 0.29) is 16.0 Å². The summed E-state index contributed by atoms with van der Waals surface area (Å²) in [5.41, 5.74) is 0. The first-order valence-electron chi connectivity index (χ1n) is 1.97. The molecule has 0 amide bonds. The van der Waals surface area contributed by atoms with Crippen molar-refractivity contribution in [2.75, 3.05) is 0 Å². The lowest BCUT2D eigenvalue weighted by Crippen LogP contribution is -1.07. The van der Waals surface area contributed by atoms with Gasteiger partial charge in [-0.05, 0) is 13.8 Å². The molecule has 0 saturated carbocycles. The van der Waals surface area contributed by atoms with E-state index in [1.54, 1.807) is 12.2 Å². The summed E-state index contributed by atoms with van der Waals surface area (Å²) in [6, 6.07) is 0. The van der Waals surface area contributed by atoms with E-state index in [1.165, 1.54) is 0 Å². The maximum atomic E-state index is 3.36. The van der Waals surface area contributed by atoms with Crippen LogP contribution < -0.4 is 6.15 Å². The zero-order valence-corrected chi connectivity index (χ0v) is 7.40. The molecule has 0 aliphatic rings. The molecule has 0 aromatic heterocycles. The Morgan fingerprint density at radius 3 is 1.00 bits per heavy atom. The molecule has 52 valence electrons. The molecule has 0 saturated heterocycles. The zero-order valence-electron chi connectivity index (χ0n) is 5.98. The summed E-state index contributed by atoms with van der Waals surface area (Å²) in [5, 5.41) is 0. The van der Waals surface area contributed by atoms with E-state index in [0.717, 1.165) is 0 Å². The van der Waals surface area contributed by atoms with Gasteiger partial charge in [0, 0.05) is 0 Å². The minimum absolute atomic E-state index is 0. The molecule has 1 nitrogen and oxygen atoms in total. The molecule has 8 heavy (non-hydrogen) atoms. The second-order valence-corrected chi connectivity index (χ2v) is 0.816. The van der Waals surface area contributed by atoms with E-state index in [2.05, 4.69) is 13.2 Å². The number of allylic oxidation sites excluding steroid dienone is 2. The Balaban J connectivity index is -0.0000000160. The SMILES string of the molecule is C=CC.C=CC.N.P. The molecule has 0 aromatic rings. The Bertz CT molecular complexity index is 29.5. The first kappa shape index (κ1) is 24.8. The lowest BCUT2D eigenvalue weighted by molar-refractivity contribution is 1.80. The summed E-state index contributed by atoms with van der Waals surface area (Å²) < 4.78 is 0. The van der Waals surface area contributed by atoms with Crippen LogP contribution in [0.2, 0.25) is 0 Å². The van der Waals surface area contributed by atoms with Gasteiger partial charge in [-0.3, -0.25) is 0 Å². The third-order valence-corrected chi connectivity index (χ3v) is 0. The molecule has 0 bridgehead atoms. The second kappa shape index (κ2) is 67.7. The standard InChI is InChI=1S/2C3H6.H3N.H3P/c2*1-3-2;;/h2*3H,1H2,2H3;2*1H3. The van der Waals surface area contributed by atoms with Gasteiger partial charge in [0.2, 0.25) is 0 Å². The number of hydrogen-bond acceptors (Lipinski definition) is 1. The summed E-state index contributed by atoms with van der Waals surface area (Å²) in [4.78, 5) is 0. The predicted molar refractivity (Wildman–Crippen MR) is 47.9 cm³/mol. The van der Waals surface area contributed by atoms with Crippen LogP contribution in [0.25, 0.3) is 0 Å². The fourth-order valence-electron chi connectivity index (χ4n) is 0. The Morgan fingerprint density at radius 2 is 1.00 bits per heavy atom. The van der Waals surface area contributed by atoms with Crippen molar-refractivity contribution >= 4 is 9.90 Å². The van der Waals surface area contributed by atoms with Crippen molar-refractivity contribution in [1.82, 2.24) is 6.15 Å². The Kier molecular flexibility index (Phi) is 210. The molecule has 0 rings (SSSR count). The fraction of sp³-hybridized carbons (Fsp3) is 0.333. The smallest absolute Gasteiger partial charge is 0.0473 e. The average molecular weight is 135 g/mol. The van der Waals surface area contributed by atoms with Crippen LogP contribution in [0.4, 0.5) is 0 Å². The molecule has 0 fully saturated rings. The molecule has 0 heterocycles. The van der Waals surface area contributed by atoms with Crippen molar-refractivity contribution in [3.8, 4) is 0 Å². The van der Waals surface area contributed by atoms with Gasteiger partial charge in [0.15, 0.2) is 0 Å². The first-order valence-corrected chi connectivity index (χ1v) is 1.97. The summed E-state index contributed by atoms with van der Waals surface area (Å²) >= 11 is 0. The van der Waals surface area contributed by atoms with Gasteiger partial charge in [-0.15, -0.1) is 13.2 Å². The third kappa shape index (κ3) is 8240. The quantitative estimate of drug-likeness (QED) is 0.402. The van der Waals surface area contributed by atoms with Gasteiger partial charge >= 0.3 is 0 Å². The van der Waals surface area contributed by atoms with Gasteiger partial charge in [0.25, 0.3) is 0 Å². The average Bonchev–Trinajstić information content (AvgIpc) is 1.39. The highest BCUT2D eigenvalue weighted by atomic mass is 31.0. The van der Waals surface area contributed by atoms with E-state index in [1.807, 2.05) is 13.8 Å². The topological polar surface area (TPSA) is 35.0 Å². The second-order valence-electron chi connectivity index (χ2n) is 0.816. The van der Waals surface area contributed by atoms with Crippen LogP contribution in [0, 0.1) is 0 Å². The molecular weight excluding hydrogens is 117 g/mol. The summed E-state index contributed by atoms with van der Waals surface area (Å²) in [5.74, 6) is 0. The number of hydrogen-bond donors (Lipinski definition) is 1. The maximum Gasteiger partial charge on any atom is -0.0473 e. The first-order chi connectivity index (χ1) is 2.83. The maximum absolute atomic E-state index is 3.36. The predicted octanol–water partition coefficient (Wildman–Crippen LogP) is 2.60. The van der Waals surface area contributed by atoms with Crippen molar-refractivity contribution < 1.29 is 0 Å².